The van der Waals surface area contributed by atoms with Crippen LogP contribution < -0.4 is 9.46 Å². The lowest BCUT2D eigenvalue weighted by atomic mass is 10.2. The Morgan fingerprint density at radius 1 is 1.19 bits per heavy atom. The van der Waals surface area contributed by atoms with E-state index in [0.29, 0.717) is 15.8 Å². The predicted molar refractivity (Wildman–Crippen MR) is 82.6 cm³/mol. The van der Waals surface area contributed by atoms with Gasteiger partial charge in [-0.2, -0.15) is 0 Å². The van der Waals surface area contributed by atoms with Crippen molar-refractivity contribution in [2.75, 3.05) is 11.8 Å². The molecular weight excluding hydrogens is 361 g/mol. The first-order valence-electron chi connectivity index (χ1n) is 5.96. The fourth-order valence-corrected chi connectivity index (χ4v) is 3.51. The van der Waals surface area contributed by atoms with E-state index >= 15 is 0 Å². The molecule has 0 saturated carbocycles. The van der Waals surface area contributed by atoms with Crippen LogP contribution in [0, 0.1) is 12.7 Å². The van der Waals surface area contributed by atoms with E-state index < -0.39 is 15.8 Å². The summed E-state index contributed by atoms with van der Waals surface area (Å²) in [6, 6.07) is 8.59. The van der Waals surface area contributed by atoms with Crippen molar-refractivity contribution in [3.63, 3.8) is 0 Å². The molecule has 0 radical (unpaired) electrons. The highest BCUT2D eigenvalue weighted by molar-refractivity contribution is 9.10. The van der Waals surface area contributed by atoms with Crippen LogP contribution in [0.15, 0.2) is 45.8 Å². The zero-order chi connectivity index (χ0) is 15.6. The molecule has 0 fully saturated rings. The zero-order valence-corrected chi connectivity index (χ0v) is 13.8. The van der Waals surface area contributed by atoms with Crippen LogP contribution in [0.2, 0.25) is 0 Å². The third kappa shape index (κ3) is 3.54. The number of anilines is 1. The van der Waals surface area contributed by atoms with E-state index in [1.54, 1.807) is 13.0 Å². The maximum atomic E-state index is 13.7. The molecule has 0 heterocycles. The molecule has 0 aromatic heterocycles. The summed E-state index contributed by atoms with van der Waals surface area (Å²) in [5.74, 6) is -0.110. The molecule has 2 rings (SSSR count). The quantitative estimate of drug-likeness (QED) is 0.888. The first-order valence-corrected chi connectivity index (χ1v) is 8.23. The molecule has 0 unspecified atom stereocenters. The monoisotopic (exact) mass is 373 g/mol. The Morgan fingerprint density at radius 2 is 1.90 bits per heavy atom. The summed E-state index contributed by atoms with van der Waals surface area (Å²) in [6.45, 7) is 1.72. The van der Waals surface area contributed by atoms with Gasteiger partial charge in [0.25, 0.3) is 10.0 Å². The number of benzene rings is 2. The van der Waals surface area contributed by atoms with Crippen molar-refractivity contribution in [2.45, 2.75) is 11.8 Å². The van der Waals surface area contributed by atoms with Crippen LogP contribution in [0.3, 0.4) is 0 Å². The van der Waals surface area contributed by atoms with Crippen molar-refractivity contribution in [1.29, 1.82) is 0 Å². The van der Waals surface area contributed by atoms with E-state index in [1.165, 1.54) is 37.4 Å². The summed E-state index contributed by atoms with van der Waals surface area (Å²) in [5, 5.41) is 0. The topological polar surface area (TPSA) is 55.4 Å². The molecule has 0 saturated heterocycles. The van der Waals surface area contributed by atoms with Crippen LogP contribution in [0.4, 0.5) is 10.1 Å². The van der Waals surface area contributed by atoms with Gasteiger partial charge in [-0.1, -0.05) is 6.07 Å². The molecule has 0 aliphatic carbocycles. The van der Waals surface area contributed by atoms with Crippen molar-refractivity contribution < 1.29 is 17.5 Å². The largest absolute Gasteiger partial charge is 0.496 e. The fraction of sp³-hybridized carbons (Fsp3) is 0.143. The number of aryl methyl sites for hydroxylation is 1. The average molecular weight is 374 g/mol. The minimum Gasteiger partial charge on any atom is -0.496 e. The van der Waals surface area contributed by atoms with E-state index in [9.17, 15) is 12.8 Å². The minimum atomic E-state index is -3.87. The lowest BCUT2D eigenvalue weighted by Gasteiger charge is -2.11. The number of rotatable bonds is 4. The van der Waals surface area contributed by atoms with Crippen molar-refractivity contribution in [2.24, 2.45) is 0 Å². The molecule has 0 aliphatic rings. The standard InChI is InChI=1S/C14H13BrFNO3S/c1-9-3-5-13(12(16)7-9)17-21(18,19)10-4-6-14(20-2)11(15)8-10/h3-8,17H,1-2H3. The van der Waals surface area contributed by atoms with Crippen molar-refractivity contribution >= 4 is 31.6 Å². The molecule has 112 valence electrons. The SMILES string of the molecule is COc1ccc(S(=O)(=O)Nc2ccc(C)cc2F)cc1Br. The van der Waals surface area contributed by atoms with Gasteiger partial charge in [-0.3, -0.25) is 4.72 Å². The smallest absolute Gasteiger partial charge is 0.262 e. The van der Waals surface area contributed by atoms with Crippen LogP contribution in [0.5, 0.6) is 5.75 Å². The van der Waals surface area contributed by atoms with E-state index in [4.69, 9.17) is 4.74 Å². The van der Waals surface area contributed by atoms with Gasteiger partial charge in [-0.25, -0.2) is 12.8 Å². The Morgan fingerprint density at radius 3 is 2.48 bits per heavy atom. The number of ether oxygens (including phenoxy) is 1. The minimum absolute atomic E-state index is 0.00940. The maximum absolute atomic E-state index is 13.7. The highest BCUT2D eigenvalue weighted by Gasteiger charge is 2.17. The summed E-state index contributed by atoms with van der Waals surface area (Å²) in [4.78, 5) is 0.00940. The zero-order valence-electron chi connectivity index (χ0n) is 11.4. The second-order valence-electron chi connectivity index (χ2n) is 4.39. The fourth-order valence-electron chi connectivity index (χ4n) is 1.72. The number of sulfonamides is 1. The van der Waals surface area contributed by atoms with E-state index in [0.717, 1.165) is 0 Å². The molecule has 0 spiro atoms. The molecule has 21 heavy (non-hydrogen) atoms. The summed E-state index contributed by atoms with van der Waals surface area (Å²) in [5.41, 5.74) is 0.621. The highest BCUT2D eigenvalue weighted by atomic mass is 79.9. The maximum Gasteiger partial charge on any atom is 0.262 e. The molecule has 0 bridgehead atoms. The van der Waals surface area contributed by atoms with Crippen molar-refractivity contribution in [1.82, 2.24) is 0 Å². The van der Waals surface area contributed by atoms with Crippen LogP contribution in [-0.2, 0) is 10.0 Å². The number of hydrogen-bond donors (Lipinski definition) is 1. The lowest BCUT2D eigenvalue weighted by Crippen LogP contribution is -2.14. The Labute approximate surface area is 131 Å². The van der Waals surface area contributed by atoms with Crippen LogP contribution in [0.1, 0.15) is 5.56 Å². The van der Waals surface area contributed by atoms with Gasteiger partial charge in [0.15, 0.2) is 0 Å². The van der Waals surface area contributed by atoms with Crippen LogP contribution >= 0.6 is 15.9 Å². The number of nitrogens with one attached hydrogen (secondary N) is 1. The molecule has 2 aromatic rings. The number of halogens is 2. The van der Waals surface area contributed by atoms with Crippen molar-refractivity contribution in [3.8, 4) is 5.75 Å². The third-order valence-corrected chi connectivity index (χ3v) is 4.79. The predicted octanol–water partition coefficient (Wildman–Crippen LogP) is 3.71. The Kier molecular flexibility index (Phi) is 4.53. The molecule has 2 aromatic carbocycles. The molecule has 7 heteroatoms. The van der Waals surface area contributed by atoms with Gasteiger partial charge >= 0.3 is 0 Å². The number of methoxy groups -OCH3 is 1. The Balaban J connectivity index is 2.36. The summed E-state index contributed by atoms with van der Waals surface area (Å²) in [6.07, 6.45) is 0. The molecule has 0 amide bonds. The average Bonchev–Trinajstić information content (AvgIpc) is 2.42. The molecule has 0 aliphatic heterocycles. The van der Waals surface area contributed by atoms with Gasteiger partial charge in [0, 0.05) is 0 Å². The van der Waals surface area contributed by atoms with Gasteiger partial charge in [0.05, 0.1) is 22.2 Å². The Hall–Kier alpha value is -1.60. The first kappa shape index (κ1) is 15.8. The van der Waals surface area contributed by atoms with E-state index in [1.807, 2.05) is 0 Å². The van der Waals surface area contributed by atoms with Gasteiger partial charge < -0.3 is 4.74 Å². The van der Waals surface area contributed by atoms with E-state index in [-0.39, 0.29) is 10.6 Å². The van der Waals surface area contributed by atoms with Gasteiger partial charge in [-0.15, -0.1) is 0 Å². The lowest BCUT2D eigenvalue weighted by molar-refractivity contribution is 0.411. The van der Waals surface area contributed by atoms with Gasteiger partial charge in [-0.05, 0) is 58.7 Å². The molecule has 0 atom stereocenters. The summed E-state index contributed by atoms with van der Waals surface area (Å²) < 4.78 is 46.0. The summed E-state index contributed by atoms with van der Waals surface area (Å²) in [7, 11) is -2.39. The first-order chi connectivity index (χ1) is 9.83. The Bertz CT molecular complexity index is 778. The van der Waals surface area contributed by atoms with Gasteiger partial charge in [0.1, 0.15) is 11.6 Å². The van der Waals surface area contributed by atoms with E-state index in [2.05, 4.69) is 20.7 Å². The van der Waals surface area contributed by atoms with Crippen molar-refractivity contribution in [3.05, 3.63) is 52.3 Å². The molecule has 1 N–H and O–H groups in total. The highest BCUT2D eigenvalue weighted by Crippen LogP contribution is 2.28. The summed E-state index contributed by atoms with van der Waals surface area (Å²) >= 11 is 3.22. The third-order valence-electron chi connectivity index (χ3n) is 2.80. The second kappa shape index (κ2) is 6.03. The second-order valence-corrected chi connectivity index (χ2v) is 6.92. The van der Waals surface area contributed by atoms with Gasteiger partial charge in [0.2, 0.25) is 0 Å². The normalized spacial score (nSPS) is 11.2. The van der Waals surface area contributed by atoms with Crippen LogP contribution in [0.25, 0.3) is 0 Å². The molecular formula is C14H13BrFNO3S. The number of hydrogen-bond acceptors (Lipinski definition) is 3. The van der Waals surface area contributed by atoms with Crippen LogP contribution in [-0.4, -0.2) is 15.5 Å². The molecule has 4 nitrogen and oxygen atoms in total.